The van der Waals surface area contributed by atoms with Crippen molar-refractivity contribution >= 4 is 11.4 Å². The van der Waals surface area contributed by atoms with E-state index in [0.717, 1.165) is 11.1 Å². The van der Waals surface area contributed by atoms with Crippen molar-refractivity contribution in [2.75, 3.05) is 5.73 Å². The lowest BCUT2D eigenvalue weighted by Gasteiger charge is -2.15. The molecule has 1 atom stereocenters. The first-order valence-corrected chi connectivity index (χ1v) is 9.03. The summed E-state index contributed by atoms with van der Waals surface area (Å²) in [5.41, 5.74) is 9.78. The second kappa shape index (κ2) is 6.71. The number of anilines is 1. The van der Waals surface area contributed by atoms with Crippen LogP contribution < -0.4 is 11.3 Å². The number of aryl methyl sites for hydroxylation is 1. The number of rotatable bonds is 2. The van der Waals surface area contributed by atoms with Crippen molar-refractivity contribution in [2.45, 2.75) is 19.4 Å². The highest BCUT2D eigenvalue weighted by Gasteiger charge is 2.26. The highest BCUT2D eigenvalue weighted by atomic mass is 19.1. The smallest absolute Gasteiger partial charge is 0.250 e. The minimum Gasteiger partial charge on any atom is -0.396 e. The number of aromatic nitrogens is 1. The predicted octanol–water partition coefficient (Wildman–Crippen LogP) is 4.21. The molecule has 6 heteroatoms. The van der Waals surface area contributed by atoms with E-state index in [-0.39, 0.29) is 23.1 Å². The molecule has 4 nitrogen and oxygen atoms in total. The van der Waals surface area contributed by atoms with Crippen LogP contribution in [0.25, 0.3) is 11.1 Å². The van der Waals surface area contributed by atoms with E-state index in [1.165, 1.54) is 22.8 Å². The number of pyridine rings is 1. The van der Waals surface area contributed by atoms with Crippen LogP contribution in [-0.2, 0) is 7.05 Å². The molecule has 2 heterocycles. The molecule has 0 fully saturated rings. The topological polar surface area (TPSA) is 60.4 Å². The third kappa shape index (κ3) is 2.91. The monoisotopic (exact) mass is 379 g/mol. The summed E-state index contributed by atoms with van der Waals surface area (Å²) < 4.78 is 29.3. The van der Waals surface area contributed by atoms with Crippen molar-refractivity contribution in [1.82, 2.24) is 4.57 Å². The van der Waals surface area contributed by atoms with Gasteiger partial charge in [-0.1, -0.05) is 6.92 Å². The minimum atomic E-state index is -0.546. The molecule has 2 N–H and O–H groups in total. The zero-order chi connectivity index (χ0) is 20.0. The molecule has 1 aliphatic rings. The quantitative estimate of drug-likeness (QED) is 0.678. The van der Waals surface area contributed by atoms with Crippen molar-refractivity contribution in [3.8, 4) is 11.1 Å². The first-order valence-electron chi connectivity index (χ1n) is 9.03. The molecule has 0 saturated carbocycles. The third-order valence-electron chi connectivity index (χ3n) is 5.09. The lowest BCUT2D eigenvalue weighted by Crippen LogP contribution is -2.17. The van der Waals surface area contributed by atoms with E-state index >= 15 is 0 Å². The van der Waals surface area contributed by atoms with E-state index in [9.17, 15) is 13.6 Å². The summed E-state index contributed by atoms with van der Waals surface area (Å²) in [6, 6.07) is 10.1. The van der Waals surface area contributed by atoms with Crippen LogP contribution in [0.3, 0.4) is 0 Å². The molecule has 0 unspecified atom stereocenters. The maximum absolute atomic E-state index is 14.4. The molecular weight excluding hydrogens is 360 g/mol. The number of nitrogen functional groups attached to an aromatic ring is 1. The van der Waals surface area contributed by atoms with Gasteiger partial charge in [0, 0.05) is 36.0 Å². The molecule has 0 radical (unpaired) electrons. The Balaban J connectivity index is 2.10. The van der Waals surface area contributed by atoms with Crippen LogP contribution in [0.2, 0.25) is 0 Å². The molecule has 2 aromatic carbocycles. The second-order valence-electron chi connectivity index (χ2n) is 6.92. The maximum atomic E-state index is 14.4. The van der Waals surface area contributed by atoms with Gasteiger partial charge in [-0.2, -0.15) is 0 Å². The molecule has 0 saturated heterocycles. The predicted molar refractivity (Wildman–Crippen MR) is 107 cm³/mol. The average Bonchev–Trinajstić information content (AvgIpc) is 2.79. The molecule has 1 aromatic heterocycles. The summed E-state index contributed by atoms with van der Waals surface area (Å²) >= 11 is 0. The zero-order valence-electron chi connectivity index (χ0n) is 15.5. The normalized spacial score (nSPS) is 15.4. The summed E-state index contributed by atoms with van der Waals surface area (Å²) in [5.74, 6) is -0.907. The Kier molecular flexibility index (Phi) is 4.34. The van der Waals surface area contributed by atoms with Crippen molar-refractivity contribution in [3.05, 3.63) is 87.3 Å². The first-order chi connectivity index (χ1) is 13.4. The molecular formula is C22H19F2N3O. The van der Waals surface area contributed by atoms with Gasteiger partial charge in [0.05, 0.1) is 17.4 Å². The Hall–Kier alpha value is -3.28. The molecule has 3 aromatic rings. The lowest BCUT2D eigenvalue weighted by atomic mass is 9.91. The largest absolute Gasteiger partial charge is 0.396 e. The molecule has 142 valence electrons. The Morgan fingerprint density at radius 3 is 2.46 bits per heavy atom. The van der Waals surface area contributed by atoms with Gasteiger partial charge < -0.3 is 10.3 Å². The van der Waals surface area contributed by atoms with Crippen LogP contribution in [0, 0.1) is 11.6 Å². The van der Waals surface area contributed by atoms with Crippen LogP contribution >= 0.6 is 0 Å². The molecule has 1 aliphatic heterocycles. The Morgan fingerprint density at radius 1 is 1.07 bits per heavy atom. The standard InChI is InChI=1S/C22H19F2N3O/c1-3-20-15-10-21(28)27(2)11-17(15)14-9-19(25)18(24)8-16(14)22(26-20)12-4-6-13(23)7-5-12/h4-11,20H,3,25H2,1-2H3/t20-/m0/s1. The molecule has 4 rings (SSSR count). The number of aliphatic imine (C=N–C) groups is 1. The highest BCUT2D eigenvalue weighted by Crippen LogP contribution is 2.39. The molecule has 0 bridgehead atoms. The number of halogens is 2. The highest BCUT2D eigenvalue weighted by molar-refractivity contribution is 6.17. The van der Waals surface area contributed by atoms with Gasteiger partial charge in [-0.3, -0.25) is 9.79 Å². The Morgan fingerprint density at radius 2 is 1.79 bits per heavy atom. The van der Waals surface area contributed by atoms with Crippen LogP contribution in [0.5, 0.6) is 0 Å². The number of hydrogen-bond donors (Lipinski definition) is 1. The first kappa shape index (κ1) is 18.1. The van der Waals surface area contributed by atoms with Crippen LogP contribution in [0.1, 0.15) is 36.1 Å². The van der Waals surface area contributed by atoms with E-state index in [4.69, 9.17) is 10.7 Å². The van der Waals surface area contributed by atoms with E-state index in [1.54, 1.807) is 37.5 Å². The van der Waals surface area contributed by atoms with E-state index < -0.39 is 5.82 Å². The molecule has 28 heavy (non-hydrogen) atoms. The van der Waals surface area contributed by atoms with Crippen molar-refractivity contribution in [2.24, 2.45) is 12.0 Å². The van der Waals surface area contributed by atoms with Gasteiger partial charge in [0.2, 0.25) is 0 Å². The lowest BCUT2D eigenvalue weighted by molar-refractivity contribution is 0.627. The molecule has 0 amide bonds. The van der Waals surface area contributed by atoms with Crippen LogP contribution in [-0.4, -0.2) is 10.3 Å². The number of benzene rings is 2. The number of hydrogen-bond acceptors (Lipinski definition) is 3. The van der Waals surface area contributed by atoms with E-state index in [0.29, 0.717) is 28.8 Å². The summed E-state index contributed by atoms with van der Waals surface area (Å²) in [6.07, 6.45) is 2.39. The fourth-order valence-corrected chi connectivity index (χ4v) is 3.60. The van der Waals surface area contributed by atoms with Crippen molar-refractivity contribution < 1.29 is 8.78 Å². The van der Waals surface area contributed by atoms with Gasteiger partial charge >= 0.3 is 0 Å². The van der Waals surface area contributed by atoms with Crippen LogP contribution in [0.15, 0.2) is 58.4 Å². The maximum Gasteiger partial charge on any atom is 0.250 e. The minimum absolute atomic E-state index is 0.0203. The number of nitrogens with two attached hydrogens (primary N) is 1. The van der Waals surface area contributed by atoms with Gasteiger partial charge in [0.25, 0.3) is 5.56 Å². The van der Waals surface area contributed by atoms with E-state index in [1.807, 2.05) is 6.92 Å². The van der Waals surface area contributed by atoms with Crippen LogP contribution in [0.4, 0.5) is 14.5 Å². The third-order valence-corrected chi connectivity index (χ3v) is 5.09. The summed E-state index contributed by atoms with van der Waals surface area (Å²) in [5, 5.41) is 0. The average molecular weight is 379 g/mol. The van der Waals surface area contributed by atoms with Gasteiger partial charge in [0.15, 0.2) is 0 Å². The fraction of sp³-hybridized carbons (Fsp3) is 0.182. The SMILES string of the molecule is CC[C@@H]1N=C(c2ccc(F)cc2)c2cc(F)c(N)cc2-c2cn(C)c(=O)cc21. The summed E-state index contributed by atoms with van der Waals surface area (Å²) in [7, 11) is 1.67. The Labute approximate surface area is 161 Å². The van der Waals surface area contributed by atoms with Crippen molar-refractivity contribution in [1.29, 1.82) is 0 Å². The number of fused-ring (bicyclic) bond motifs is 3. The second-order valence-corrected chi connectivity index (χ2v) is 6.92. The van der Waals surface area contributed by atoms with E-state index in [2.05, 4.69) is 0 Å². The van der Waals surface area contributed by atoms with Gasteiger partial charge in [-0.05, 0) is 53.9 Å². The number of nitrogens with zero attached hydrogens (tertiary/aromatic N) is 2. The molecule has 0 aliphatic carbocycles. The summed E-state index contributed by atoms with van der Waals surface area (Å²) in [4.78, 5) is 17.1. The zero-order valence-corrected chi connectivity index (χ0v) is 15.5. The van der Waals surface area contributed by atoms with Gasteiger partial charge in [0.1, 0.15) is 11.6 Å². The van der Waals surface area contributed by atoms with Gasteiger partial charge in [-0.25, -0.2) is 8.78 Å². The van der Waals surface area contributed by atoms with Crippen molar-refractivity contribution in [3.63, 3.8) is 0 Å². The Bertz CT molecular complexity index is 1160. The fourth-order valence-electron chi connectivity index (χ4n) is 3.60. The molecule has 0 spiro atoms. The van der Waals surface area contributed by atoms with Gasteiger partial charge in [-0.15, -0.1) is 0 Å². The summed E-state index contributed by atoms with van der Waals surface area (Å²) in [6.45, 7) is 1.97.